The van der Waals surface area contributed by atoms with Gasteiger partial charge in [0.25, 0.3) is 5.91 Å². The average Bonchev–Trinajstić information content (AvgIpc) is 2.88. The number of hydrogen-bond donors (Lipinski definition) is 2. The monoisotopic (exact) mass is 533 g/mol. The minimum Gasteiger partial charge on any atom is -0.497 e. The number of piperidine rings is 1. The summed E-state index contributed by atoms with van der Waals surface area (Å²) in [5, 5.41) is 9.37. The summed E-state index contributed by atoms with van der Waals surface area (Å²) in [6, 6.07) is 12.6. The van der Waals surface area contributed by atoms with Crippen LogP contribution < -0.4 is 10.2 Å². The maximum atomic E-state index is 13.5. The lowest BCUT2D eigenvalue weighted by atomic mass is 9.89. The van der Waals surface area contributed by atoms with E-state index in [0.29, 0.717) is 25.9 Å². The van der Waals surface area contributed by atoms with Crippen LogP contribution in [0, 0.1) is 5.92 Å². The summed E-state index contributed by atoms with van der Waals surface area (Å²) in [6.45, 7) is 5.95. The number of ether oxygens (including phenoxy) is 2. The average molecular weight is 534 g/mol. The van der Waals surface area contributed by atoms with E-state index in [1.165, 1.54) is 19.2 Å². The summed E-state index contributed by atoms with van der Waals surface area (Å²) >= 11 is 0. The number of likely N-dealkylation sites (N-methyl/N-ethyl adjacent to an activating group) is 1. The molecule has 1 aliphatic heterocycles. The third kappa shape index (κ3) is 6.79. The highest BCUT2D eigenvalue weighted by Crippen LogP contribution is 2.30. The molecule has 1 unspecified atom stereocenters. The summed E-state index contributed by atoms with van der Waals surface area (Å²) in [6.07, 6.45) is 0.285. The van der Waals surface area contributed by atoms with Gasteiger partial charge in [0.05, 0.1) is 12.0 Å². The number of hydroxylamine groups is 1. The smallest absolute Gasteiger partial charge is 0.410 e. The third-order valence-corrected chi connectivity index (χ3v) is 8.22. The molecule has 0 saturated carbocycles. The lowest BCUT2D eigenvalue weighted by Gasteiger charge is -2.38. The molecule has 2 aromatic rings. The number of sulfonamides is 1. The van der Waals surface area contributed by atoms with Crippen LogP contribution in [0.4, 0.5) is 4.79 Å². The van der Waals surface area contributed by atoms with Crippen molar-refractivity contribution in [2.45, 2.75) is 50.2 Å². The summed E-state index contributed by atoms with van der Waals surface area (Å²) in [5.74, 6) is -0.518. The van der Waals surface area contributed by atoms with Gasteiger partial charge in [-0.3, -0.25) is 10.0 Å². The van der Waals surface area contributed by atoms with Crippen molar-refractivity contribution in [3.05, 3.63) is 48.5 Å². The standard InChI is InChI=1S/C26H35N3O7S/c1-26(2,3)36-25(31)29-16-14-20(15-17-29)23(24(30)27-32)28(4)37(33,34)22-12-8-19(9-13-22)18-6-10-21(35-5)11-7-18/h6-13,20,23,32H,14-17H2,1-5H3,(H,27,30). The van der Waals surface area contributed by atoms with Crippen molar-refractivity contribution < 1.29 is 32.7 Å². The van der Waals surface area contributed by atoms with Crippen LogP contribution in [0.2, 0.25) is 0 Å². The van der Waals surface area contributed by atoms with Crippen LogP contribution in [0.5, 0.6) is 5.75 Å². The number of benzene rings is 2. The van der Waals surface area contributed by atoms with Gasteiger partial charge in [0.1, 0.15) is 17.4 Å². The van der Waals surface area contributed by atoms with Crippen LogP contribution in [-0.4, -0.2) is 73.7 Å². The molecule has 0 aromatic heterocycles. The van der Waals surface area contributed by atoms with Crippen molar-refractivity contribution in [1.82, 2.24) is 14.7 Å². The van der Waals surface area contributed by atoms with E-state index in [0.717, 1.165) is 21.2 Å². The van der Waals surface area contributed by atoms with E-state index in [9.17, 15) is 23.2 Å². The van der Waals surface area contributed by atoms with Gasteiger partial charge >= 0.3 is 6.09 Å². The van der Waals surface area contributed by atoms with E-state index in [4.69, 9.17) is 9.47 Å². The molecule has 0 aliphatic carbocycles. The number of nitrogens with zero attached hydrogens (tertiary/aromatic N) is 2. The molecule has 2 amide bonds. The number of likely N-dealkylation sites (tertiary alicyclic amines) is 1. The number of amides is 2. The Kier molecular flexibility index (Phi) is 8.83. The minimum atomic E-state index is -4.07. The van der Waals surface area contributed by atoms with Crippen LogP contribution in [-0.2, 0) is 19.6 Å². The minimum absolute atomic E-state index is 0.0224. The summed E-state index contributed by atoms with van der Waals surface area (Å²) in [4.78, 5) is 26.6. The molecule has 202 valence electrons. The van der Waals surface area contributed by atoms with Crippen LogP contribution in [0.3, 0.4) is 0 Å². The summed E-state index contributed by atoms with van der Waals surface area (Å²) in [5.41, 5.74) is 2.70. The molecule has 37 heavy (non-hydrogen) atoms. The fourth-order valence-electron chi connectivity index (χ4n) is 4.39. The Balaban J connectivity index is 1.76. The van der Waals surface area contributed by atoms with Gasteiger partial charge in [0, 0.05) is 20.1 Å². The fourth-order valence-corrected chi connectivity index (χ4v) is 5.76. The molecule has 11 heteroatoms. The van der Waals surface area contributed by atoms with Crippen LogP contribution in [0.25, 0.3) is 11.1 Å². The zero-order valence-electron chi connectivity index (χ0n) is 21.8. The van der Waals surface area contributed by atoms with Gasteiger partial charge in [-0.25, -0.2) is 18.7 Å². The molecule has 1 atom stereocenters. The highest BCUT2D eigenvalue weighted by Gasteiger charge is 2.40. The van der Waals surface area contributed by atoms with Crippen LogP contribution in [0.1, 0.15) is 33.6 Å². The highest BCUT2D eigenvalue weighted by atomic mass is 32.2. The predicted octanol–water partition coefficient (Wildman–Crippen LogP) is 3.50. The Morgan fingerprint density at radius 3 is 2.00 bits per heavy atom. The Bertz CT molecular complexity index is 1180. The Morgan fingerprint density at radius 2 is 1.54 bits per heavy atom. The quantitative estimate of drug-likeness (QED) is 0.412. The molecule has 1 heterocycles. The SMILES string of the molecule is COc1ccc(-c2ccc(S(=O)(=O)N(C)C(C(=O)NO)C3CCN(C(=O)OC(C)(C)C)CC3)cc2)cc1. The normalized spacial score (nSPS) is 15.8. The molecule has 0 bridgehead atoms. The van der Waals surface area contributed by atoms with E-state index in [2.05, 4.69) is 0 Å². The second-order valence-corrected chi connectivity index (χ2v) is 12.0. The first-order valence-corrected chi connectivity index (χ1v) is 13.5. The Morgan fingerprint density at radius 1 is 1.03 bits per heavy atom. The number of methoxy groups -OCH3 is 1. The molecule has 3 rings (SSSR count). The number of rotatable bonds is 7. The van der Waals surface area contributed by atoms with Crippen molar-refractivity contribution >= 4 is 22.0 Å². The Hall–Kier alpha value is -3.15. The first-order chi connectivity index (χ1) is 17.4. The van der Waals surface area contributed by atoms with E-state index in [1.54, 1.807) is 50.4 Å². The second-order valence-electron chi connectivity index (χ2n) is 10.00. The van der Waals surface area contributed by atoms with Crippen molar-refractivity contribution in [1.29, 1.82) is 0 Å². The number of carbonyl (C=O) groups excluding carboxylic acids is 2. The van der Waals surface area contributed by atoms with Gasteiger partial charge in [-0.05, 0) is 74.9 Å². The number of hydrogen-bond acceptors (Lipinski definition) is 7. The molecule has 2 aromatic carbocycles. The van der Waals surface area contributed by atoms with Gasteiger partial charge in [0.15, 0.2) is 0 Å². The van der Waals surface area contributed by atoms with E-state index in [-0.39, 0.29) is 4.90 Å². The zero-order valence-corrected chi connectivity index (χ0v) is 22.6. The van der Waals surface area contributed by atoms with Crippen LogP contribution >= 0.6 is 0 Å². The van der Waals surface area contributed by atoms with Crippen molar-refractivity contribution in [3.63, 3.8) is 0 Å². The lowest BCUT2D eigenvalue weighted by molar-refractivity contribution is -0.135. The molecule has 1 fully saturated rings. The van der Waals surface area contributed by atoms with Gasteiger partial charge in [-0.2, -0.15) is 4.31 Å². The third-order valence-electron chi connectivity index (χ3n) is 6.36. The predicted molar refractivity (Wildman–Crippen MR) is 138 cm³/mol. The number of carbonyl (C=O) groups is 2. The molecule has 1 saturated heterocycles. The van der Waals surface area contributed by atoms with E-state index < -0.39 is 39.6 Å². The topological polar surface area (TPSA) is 125 Å². The fraction of sp³-hybridized carbons (Fsp3) is 0.462. The van der Waals surface area contributed by atoms with Gasteiger partial charge < -0.3 is 14.4 Å². The molecule has 2 N–H and O–H groups in total. The highest BCUT2D eigenvalue weighted by molar-refractivity contribution is 7.89. The van der Waals surface area contributed by atoms with E-state index >= 15 is 0 Å². The van der Waals surface area contributed by atoms with Crippen molar-refractivity contribution in [3.8, 4) is 16.9 Å². The van der Waals surface area contributed by atoms with Crippen LogP contribution in [0.15, 0.2) is 53.4 Å². The first-order valence-electron chi connectivity index (χ1n) is 12.0. The lowest BCUT2D eigenvalue weighted by Crippen LogP contribution is -2.54. The second kappa shape index (κ2) is 11.5. The molecule has 0 radical (unpaired) electrons. The van der Waals surface area contributed by atoms with Crippen molar-refractivity contribution in [2.24, 2.45) is 5.92 Å². The molecule has 0 spiro atoms. The molecule has 1 aliphatic rings. The van der Waals surface area contributed by atoms with Gasteiger partial charge in [0.2, 0.25) is 10.0 Å². The maximum absolute atomic E-state index is 13.5. The molecular formula is C26H35N3O7S. The molecular weight excluding hydrogens is 498 g/mol. The van der Waals surface area contributed by atoms with E-state index in [1.807, 2.05) is 24.3 Å². The van der Waals surface area contributed by atoms with Gasteiger partial charge in [-0.1, -0.05) is 24.3 Å². The number of nitrogens with one attached hydrogen (secondary N) is 1. The summed E-state index contributed by atoms with van der Waals surface area (Å²) < 4.78 is 38.5. The first kappa shape index (κ1) is 28.4. The van der Waals surface area contributed by atoms with Crippen molar-refractivity contribution in [2.75, 3.05) is 27.2 Å². The maximum Gasteiger partial charge on any atom is 0.410 e. The zero-order chi connectivity index (χ0) is 27.4. The summed E-state index contributed by atoms with van der Waals surface area (Å²) in [7, 11) is -1.16. The molecule has 10 nitrogen and oxygen atoms in total. The Labute approximate surface area is 218 Å². The van der Waals surface area contributed by atoms with Gasteiger partial charge in [-0.15, -0.1) is 0 Å². The largest absolute Gasteiger partial charge is 0.497 e.